The largest absolute Gasteiger partial charge is 0.462 e. The third kappa shape index (κ3) is 60.4. The SMILES string of the molecule is CCCCCCC/C=C\C/C=C\C/C=C\CCCCCCCCCCCCC(=O)OCC(COC(=O)CCCCCCCCCCCC)OC(=O)CCCCCCCCCCCCCCCCCCCCCC. The second-order valence-corrected chi connectivity index (χ2v) is 22.0. The zero-order valence-electron chi connectivity index (χ0n) is 49.2. The minimum Gasteiger partial charge on any atom is -0.462 e. The molecule has 0 radical (unpaired) electrons. The molecule has 0 aromatic heterocycles. The average Bonchev–Trinajstić information content (AvgIpc) is 3.39. The van der Waals surface area contributed by atoms with Crippen LogP contribution in [-0.4, -0.2) is 37.2 Å². The van der Waals surface area contributed by atoms with Gasteiger partial charge in [0.25, 0.3) is 0 Å². The van der Waals surface area contributed by atoms with Crippen molar-refractivity contribution in [2.75, 3.05) is 13.2 Å². The molecule has 0 aliphatic carbocycles. The number of hydrogen-bond acceptors (Lipinski definition) is 6. The van der Waals surface area contributed by atoms with Gasteiger partial charge in [0.15, 0.2) is 6.10 Å². The van der Waals surface area contributed by atoms with Crippen LogP contribution in [0.1, 0.15) is 355 Å². The highest BCUT2D eigenvalue weighted by Crippen LogP contribution is 2.18. The number of unbranched alkanes of at least 4 members (excludes halogenated alkanes) is 43. The van der Waals surface area contributed by atoms with E-state index < -0.39 is 6.10 Å². The van der Waals surface area contributed by atoms with Gasteiger partial charge in [-0.2, -0.15) is 0 Å². The molecule has 1 unspecified atom stereocenters. The van der Waals surface area contributed by atoms with Crippen molar-refractivity contribution in [3.05, 3.63) is 36.5 Å². The van der Waals surface area contributed by atoms with Crippen LogP contribution in [0, 0.1) is 0 Å². The van der Waals surface area contributed by atoms with Crippen molar-refractivity contribution in [1.29, 1.82) is 0 Å². The van der Waals surface area contributed by atoms with Crippen LogP contribution in [0.25, 0.3) is 0 Å². The van der Waals surface area contributed by atoms with Gasteiger partial charge in [-0.05, 0) is 57.8 Å². The van der Waals surface area contributed by atoms with Gasteiger partial charge in [-0.1, -0.05) is 314 Å². The van der Waals surface area contributed by atoms with Crippen LogP contribution in [0.5, 0.6) is 0 Å². The first-order chi connectivity index (χ1) is 36.0. The van der Waals surface area contributed by atoms with Crippen molar-refractivity contribution in [3.63, 3.8) is 0 Å². The van der Waals surface area contributed by atoms with Crippen molar-refractivity contribution < 1.29 is 28.6 Å². The molecule has 0 N–H and O–H groups in total. The van der Waals surface area contributed by atoms with Gasteiger partial charge in [0.05, 0.1) is 0 Å². The Bertz CT molecular complexity index is 1220. The molecule has 0 aliphatic heterocycles. The normalized spacial score (nSPS) is 12.2. The summed E-state index contributed by atoms with van der Waals surface area (Å²) in [5.41, 5.74) is 0. The first-order valence-corrected chi connectivity index (χ1v) is 32.5. The van der Waals surface area contributed by atoms with Crippen LogP contribution in [0.15, 0.2) is 36.5 Å². The molecular weight excluding hydrogens is 901 g/mol. The highest BCUT2D eigenvalue weighted by atomic mass is 16.6. The van der Waals surface area contributed by atoms with Crippen molar-refractivity contribution in [2.24, 2.45) is 0 Å². The van der Waals surface area contributed by atoms with E-state index in [2.05, 4.69) is 57.2 Å². The minimum absolute atomic E-state index is 0.0679. The Morgan fingerprint density at radius 3 is 0.767 bits per heavy atom. The number of hydrogen-bond donors (Lipinski definition) is 0. The molecule has 0 saturated carbocycles. The molecule has 0 aliphatic rings. The number of esters is 3. The monoisotopic (exact) mass is 1020 g/mol. The molecule has 1 atom stereocenters. The Labute approximate surface area is 455 Å². The fraction of sp³-hybridized carbons (Fsp3) is 0.866. The summed E-state index contributed by atoms with van der Waals surface area (Å²) < 4.78 is 16.9. The summed E-state index contributed by atoms with van der Waals surface area (Å²) in [5.74, 6) is -0.849. The highest BCUT2D eigenvalue weighted by molar-refractivity contribution is 5.71. The van der Waals surface area contributed by atoms with E-state index in [0.717, 1.165) is 70.6 Å². The molecule has 0 rings (SSSR count). The van der Waals surface area contributed by atoms with Gasteiger partial charge >= 0.3 is 17.9 Å². The maximum Gasteiger partial charge on any atom is 0.306 e. The Balaban J connectivity index is 4.20. The van der Waals surface area contributed by atoms with Gasteiger partial charge in [-0.3, -0.25) is 14.4 Å². The van der Waals surface area contributed by atoms with Crippen LogP contribution >= 0.6 is 0 Å². The van der Waals surface area contributed by atoms with Crippen LogP contribution in [0.3, 0.4) is 0 Å². The maximum absolute atomic E-state index is 12.9. The lowest BCUT2D eigenvalue weighted by Crippen LogP contribution is -2.30. The standard InChI is InChI=1S/C67H124O6/c1-4-7-10-13-16-19-22-24-26-28-30-32-33-34-35-36-38-39-41-43-45-48-51-54-57-60-66(69)72-63-64(62-71-65(68)59-56-53-50-47-21-18-15-12-9-6-3)73-67(70)61-58-55-52-49-46-44-42-40-37-31-29-27-25-23-20-17-14-11-8-5-2/h22,24,28,30,33-34,64H,4-21,23,25-27,29,31-32,35-63H2,1-3H3/b24-22-,30-28-,34-33-. The molecule has 0 heterocycles. The summed E-state index contributed by atoms with van der Waals surface area (Å²) >= 11 is 0. The predicted molar refractivity (Wildman–Crippen MR) is 316 cm³/mol. The fourth-order valence-electron chi connectivity index (χ4n) is 9.75. The van der Waals surface area contributed by atoms with Crippen molar-refractivity contribution in [1.82, 2.24) is 0 Å². The van der Waals surface area contributed by atoms with E-state index in [9.17, 15) is 14.4 Å². The lowest BCUT2D eigenvalue weighted by molar-refractivity contribution is -0.167. The molecule has 6 nitrogen and oxygen atoms in total. The van der Waals surface area contributed by atoms with Crippen LogP contribution < -0.4 is 0 Å². The third-order valence-electron chi connectivity index (χ3n) is 14.6. The van der Waals surface area contributed by atoms with E-state index in [4.69, 9.17) is 14.2 Å². The van der Waals surface area contributed by atoms with E-state index in [1.54, 1.807) is 0 Å². The number of allylic oxidation sites excluding steroid dienone is 6. The molecular formula is C67H124O6. The van der Waals surface area contributed by atoms with E-state index in [1.807, 2.05) is 0 Å². The second-order valence-electron chi connectivity index (χ2n) is 22.0. The first kappa shape index (κ1) is 70.6. The summed E-state index contributed by atoms with van der Waals surface area (Å²) in [5, 5.41) is 0. The van der Waals surface area contributed by atoms with Gasteiger partial charge in [-0.15, -0.1) is 0 Å². The first-order valence-electron chi connectivity index (χ1n) is 32.5. The molecule has 0 fully saturated rings. The molecule has 0 saturated heterocycles. The topological polar surface area (TPSA) is 78.9 Å². The fourth-order valence-corrected chi connectivity index (χ4v) is 9.75. The lowest BCUT2D eigenvalue weighted by atomic mass is 10.0. The maximum atomic E-state index is 12.9. The van der Waals surface area contributed by atoms with Crippen molar-refractivity contribution in [2.45, 2.75) is 361 Å². The molecule has 428 valence electrons. The van der Waals surface area contributed by atoms with Gasteiger partial charge in [0.1, 0.15) is 13.2 Å². The summed E-state index contributed by atoms with van der Waals surface area (Å²) in [6, 6.07) is 0. The molecule has 0 bridgehead atoms. The smallest absolute Gasteiger partial charge is 0.306 e. The lowest BCUT2D eigenvalue weighted by Gasteiger charge is -2.18. The number of rotatable bonds is 60. The van der Waals surface area contributed by atoms with Crippen molar-refractivity contribution in [3.8, 4) is 0 Å². The quantitative estimate of drug-likeness (QED) is 0.0261. The second kappa shape index (κ2) is 62.2. The van der Waals surface area contributed by atoms with Gasteiger partial charge in [0.2, 0.25) is 0 Å². The van der Waals surface area contributed by atoms with E-state index in [-0.39, 0.29) is 31.1 Å². The van der Waals surface area contributed by atoms with E-state index in [1.165, 1.54) is 244 Å². The molecule has 6 heteroatoms. The Hall–Kier alpha value is -2.37. The van der Waals surface area contributed by atoms with Crippen LogP contribution in [0.4, 0.5) is 0 Å². The summed E-state index contributed by atoms with van der Waals surface area (Å²) in [7, 11) is 0. The molecule has 73 heavy (non-hydrogen) atoms. The van der Waals surface area contributed by atoms with Gasteiger partial charge < -0.3 is 14.2 Å². The molecule has 0 amide bonds. The summed E-state index contributed by atoms with van der Waals surface area (Å²) in [6.45, 7) is 6.67. The Morgan fingerprint density at radius 1 is 0.274 bits per heavy atom. The van der Waals surface area contributed by atoms with Gasteiger partial charge in [-0.25, -0.2) is 0 Å². The number of ether oxygens (including phenoxy) is 3. The zero-order chi connectivity index (χ0) is 52.9. The van der Waals surface area contributed by atoms with E-state index >= 15 is 0 Å². The van der Waals surface area contributed by atoms with Crippen LogP contribution in [0.2, 0.25) is 0 Å². The number of carbonyl (C=O) groups excluding carboxylic acids is 3. The van der Waals surface area contributed by atoms with Crippen molar-refractivity contribution >= 4 is 17.9 Å². The highest BCUT2D eigenvalue weighted by Gasteiger charge is 2.19. The zero-order valence-corrected chi connectivity index (χ0v) is 49.2. The van der Waals surface area contributed by atoms with Crippen LogP contribution in [-0.2, 0) is 28.6 Å². The van der Waals surface area contributed by atoms with Gasteiger partial charge in [0, 0.05) is 19.3 Å². The average molecular weight is 1030 g/mol. The number of carbonyl (C=O) groups is 3. The minimum atomic E-state index is -0.769. The predicted octanol–water partition coefficient (Wildman–Crippen LogP) is 22.0. The van der Waals surface area contributed by atoms with E-state index in [0.29, 0.717) is 19.3 Å². The molecule has 0 spiro atoms. The Morgan fingerprint density at radius 2 is 0.493 bits per heavy atom. The summed E-state index contributed by atoms with van der Waals surface area (Å²) in [6.07, 6.45) is 75.9. The summed E-state index contributed by atoms with van der Waals surface area (Å²) in [4.78, 5) is 38.2. The molecule has 0 aromatic carbocycles. The Kier molecular flexibility index (Phi) is 60.2. The molecule has 0 aromatic rings. The third-order valence-corrected chi connectivity index (χ3v) is 14.6.